The molecule has 0 unspecified atom stereocenters. The van der Waals surface area contributed by atoms with Gasteiger partial charge in [-0.15, -0.1) is 0 Å². The third-order valence-corrected chi connectivity index (χ3v) is 7.27. The lowest BCUT2D eigenvalue weighted by Gasteiger charge is -2.41. The van der Waals surface area contributed by atoms with Crippen LogP contribution in [-0.4, -0.2) is 67.6 Å². The standard InChI is InChI=1S/C27H33N3O5/c1-26(2,3)35-22(32)14-18-17-10-11-27(23(18)24(19(17)15-31)29(4)13-12-28)20-8-6-7-9-21(20)30(16-34-5)25(27)33/h6-11,14,17,19,23-24,31H,13,15-16H2,1-5H3/t17-,19-,23+,24+,27+/m0/s1. The van der Waals surface area contributed by atoms with E-state index in [-0.39, 0.29) is 43.7 Å². The van der Waals surface area contributed by atoms with Crippen LogP contribution in [0, 0.1) is 29.1 Å². The number of aliphatic hydroxyl groups is 1. The second kappa shape index (κ2) is 9.23. The Bertz CT molecular complexity index is 1110. The van der Waals surface area contributed by atoms with Crippen molar-refractivity contribution >= 4 is 17.6 Å². The van der Waals surface area contributed by atoms with Gasteiger partial charge in [-0.25, -0.2) is 4.79 Å². The summed E-state index contributed by atoms with van der Waals surface area (Å²) >= 11 is 0. The molecule has 1 spiro atoms. The van der Waals surface area contributed by atoms with Gasteiger partial charge in [0.15, 0.2) is 0 Å². The molecule has 1 aliphatic heterocycles. The first-order valence-corrected chi connectivity index (χ1v) is 11.8. The van der Waals surface area contributed by atoms with Gasteiger partial charge in [-0.3, -0.25) is 14.6 Å². The lowest BCUT2D eigenvalue weighted by Crippen LogP contribution is -2.53. The molecule has 3 aliphatic rings. The van der Waals surface area contributed by atoms with Gasteiger partial charge in [0, 0.05) is 43.6 Å². The van der Waals surface area contributed by atoms with E-state index in [1.807, 2.05) is 48.4 Å². The van der Waals surface area contributed by atoms with Crippen LogP contribution in [-0.2, 0) is 24.5 Å². The van der Waals surface area contributed by atoms with Gasteiger partial charge in [0.1, 0.15) is 17.7 Å². The molecular weight excluding hydrogens is 446 g/mol. The fourth-order valence-corrected chi connectivity index (χ4v) is 6.16. The molecule has 1 fully saturated rings. The van der Waals surface area contributed by atoms with Gasteiger partial charge < -0.3 is 14.6 Å². The van der Waals surface area contributed by atoms with Gasteiger partial charge in [0.05, 0.1) is 18.3 Å². The Kier molecular flexibility index (Phi) is 6.62. The van der Waals surface area contributed by atoms with E-state index in [1.165, 1.54) is 6.08 Å². The quantitative estimate of drug-likeness (QED) is 0.289. The van der Waals surface area contributed by atoms with Crippen LogP contribution >= 0.6 is 0 Å². The van der Waals surface area contributed by atoms with Crippen LogP contribution in [0.2, 0.25) is 0 Å². The molecule has 0 saturated heterocycles. The highest BCUT2D eigenvalue weighted by Gasteiger charge is 2.64. The second-order valence-electron chi connectivity index (χ2n) is 10.5. The zero-order valence-electron chi connectivity index (χ0n) is 20.9. The average molecular weight is 480 g/mol. The Morgan fingerprint density at radius 2 is 2.06 bits per heavy atom. The smallest absolute Gasteiger partial charge is 0.331 e. The molecular formula is C27H33N3O5. The summed E-state index contributed by atoms with van der Waals surface area (Å²) < 4.78 is 11.0. The molecule has 35 heavy (non-hydrogen) atoms. The van der Waals surface area contributed by atoms with Crippen molar-refractivity contribution in [2.45, 2.75) is 37.8 Å². The highest BCUT2D eigenvalue weighted by Crippen LogP contribution is 2.60. The number of hydrogen-bond acceptors (Lipinski definition) is 7. The molecule has 1 N–H and O–H groups in total. The third kappa shape index (κ3) is 3.98. The second-order valence-corrected chi connectivity index (χ2v) is 10.5. The number of allylic oxidation sites excluding steroid dienone is 1. The molecule has 1 heterocycles. The number of carbonyl (C=O) groups excluding carboxylic acids is 2. The van der Waals surface area contributed by atoms with Crippen LogP contribution < -0.4 is 4.90 Å². The molecule has 1 amide bonds. The number of carbonyl (C=O) groups is 2. The number of methoxy groups -OCH3 is 1. The van der Waals surface area contributed by atoms with Crippen LogP contribution in [0.15, 0.2) is 48.1 Å². The molecule has 8 nitrogen and oxygen atoms in total. The van der Waals surface area contributed by atoms with Gasteiger partial charge in [-0.2, -0.15) is 5.26 Å². The summed E-state index contributed by atoms with van der Waals surface area (Å²) in [6.07, 6.45) is 5.39. The van der Waals surface area contributed by atoms with Crippen molar-refractivity contribution in [2.24, 2.45) is 17.8 Å². The summed E-state index contributed by atoms with van der Waals surface area (Å²) in [4.78, 5) is 30.7. The van der Waals surface area contributed by atoms with E-state index in [1.54, 1.807) is 32.8 Å². The molecule has 186 valence electrons. The topological polar surface area (TPSA) is 103 Å². The molecule has 1 saturated carbocycles. The van der Waals surface area contributed by atoms with E-state index in [4.69, 9.17) is 9.47 Å². The van der Waals surface area contributed by atoms with Crippen LogP contribution in [0.3, 0.4) is 0 Å². The number of benzene rings is 1. The largest absolute Gasteiger partial charge is 0.457 e. The maximum Gasteiger partial charge on any atom is 0.331 e. The molecule has 2 aliphatic carbocycles. The molecule has 1 aromatic rings. The zero-order chi connectivity index (χ0) is 25.5. The first-order chi connectivity index (χ1) is 16.6. The zero-order valence-corrected chi connectivity index (χ0v) is 20.9. The number of nitriles is 1. The van der Waals surface area contributed by atoms with Crippen molar-refractivity contribution in [3.8, 4) is 6.07 Å². The first kappa shape index (κ1) is 25.1. The van der Waals surface area contributed by atoms with E-state index in [9.17, 15) is 20.0 Å². The third-order valence-electron chi connectivity index (χ3n) is 7.27. The lowest BCUT2D eigenvalue weighted by atomic mass is 9.64. The number of amides is 1. The van der Waals surface area contributed by atoms with Crippen molar-refractivity contribution in [1.29, 1.82) is 5.26 Å². The first-order valence-electron chi connectivity index (χ1n) is 11.8. The highest BCUT2D eigenvalue weighted by atomic mass is 16.6. The number of rotatable bonds is 6. The predicted octanol–water partition coefficient (Wildman–Crippen LogP) is 2.39. The van der Waals surface area contributed by atoms with Gasteiger partial charge in [0.25, 0.3) is 0 Å². The van der Waals surface area contributed by atoms with Gasteiger partial charge in [-0.05, 0) is 45.0 Å². The minimum absolute atomic E-state index is 0.0921. The fourth-order valence-electron chi connectivity index (χ4n) is 6.16. The fraction of sp³-hybridized carbons (Fsp3) is 0.519. The summed E-state index contributed by atoms with van der Waals surface area (Å²) in [7, 11) is 3.37. The SMILES string of the molecule is COCN1C(=O)[C@]2(C=C[C@H]3C(=CC(=O)OC(C)(C)C)[C@@H]2[C@H](N(C)CC#N)[C@H]3CO)c2ccccc21. The van der Waals surface area contributed by atoms with E-state index < -0.39 is 22.9 Å². The Hall–Kier alpha value is -2.99. The number of anilines is 1. The number of fused-ring (bicyclic) bond motifs is 5. The molecule has 0 aromatic heterocycles. The number of aliphatic hydroxyl groups excluding tert-OH is 1. The highest BCUT2D eigenvalue weighted by molar-refractivity contribution is 6.10. The number of esters is 1. The molecule has 8 heteroatoms. The van der Waals surface area contributed by atoms with Gasteiger partial charge >= 0.3 is 5.97 Å². The van der Waals surface area contributed by atoms with Crippen LogP contribution in [0.4, 0.5) is 5.69 Å². The predicted molar refractivity (Wildman–Crippen MR) is 130 cm³/mol. The normalized spacial score (nSPS) is 30.3. The number of nitrogens with zero attached hydrogens (tertiary/aromatic N) is 3. The molecule has 4 rings (SSSR count). The van der Waals surface area contributed by atoms with E-state index in [0.717, 1.165) is 16.8 Å². The lowest BCUT2D eigenvalue weighted by molar-refractivity contribution is -0.148. The molecule has 2 bridgehead atoms. The van der Waals surface area contributed by atoms with E-state index in [2.05, 4.69) is 6.07 Å². The Balaban J connectivity index is 1.95. The molecule has 0 radical (unpaired) electrons. The van der Waals surface area contributed by atoms with Crippen molar-refractivity contribution < 1.29 is 24.2 Å². The van der Waals surface area contributed by atoms with Crippen LogP contribution in [0.1, 0.15) is 26.3 Å². The molecule has 5 atom stereocenters. The maximum atomic E-state index is 14.2. The minimum atomic E-state index is -1.10. The number of para-hydroxylation sites is 1. The Labute approximate surface area is 206 Å². The molecule has 1 aromatic carbocycles. The van der Waals surface area contributed by atoms with Gasteiger partial charge in [0.2, 0.25) is 5.91 Å². The van der Waals surface area contributed by atoms with E-state index >= 15 is 0 Å². The van der Waals surface area contributed by atoms with Gasteiger partial charge in [-0.1, -0.05) is 30.4 Å². The minimum Gasteiger partial charge on any atom is -0.457 e. The summed E-state index contributed by atoms with van der Waals surface area (Å²) in [5.74, 6) is -1.66. The summed E-state index contributed by atoms with van der Waals surface area (Å²) in [5.41, 5.74) is 0.558. The monoisotopic (exact) mass is 479 g/mol. The van der Waals surface area contributed by atoms with Crippen LogP contribution in [0.25, 0.3) is 0 Å². The number of ether oxygens (including phenoxy) is 2. The average Bonchev–Trinajstić information content (AvgIpc) is 3.14. The number of hydrogen-bond donors (Lipinski definition) is 1. The summed E-state index contributed by atoms with van der Waals surface area (Å²) in [6.45, 7) is 5.48. The van der Waals surface area contributed by atoms with Crippen molar-refractivity contribution in [3.63, 3.8) is 0 Å². The van der Waals surface area contributed by atoms with E-state index in [0.29, 0.717) is 0 Å². The summed E-state index contributed by atoms with van der Waals surface area (Å²) in [6, 6.07) is 9.44. The van der Waals surface area contributed by atoms with Crippen molar-refractivity contribution in [2.75, 3.05) is 38.9 Å². The van der Waals surface area contributed by atoms with Crippen LogP contribution in [0.5, 0.6) is 0 Å². The van der Waals surface area contributed by atoms with Crippen molar-refractivity contribution in [1.82, 2.24) is 4.90 Å². The van der Waals surface area contributed by atoms with Crippen molar-refractivity contribution in [3.05, 3.63) is 53.6 Å². The Morgan fingerprint density at radius 3 is 2.69 bits per heavy atom. The summed E-state index contributed by atoms with van der Waals surface area (Å²) in [5, 5.41) is 19.9. The maximum absolute atomic E-state index is 14.2. The Morgan fingerprint density at radius 1 is 1.34 bits per heavy atom.